The van der Waals surface area contributed by atoms with Crippen molar-refractivity contribution < 1.29 is 4.79 Å². The summed E-state index contributed by atoms with van der Waals surface area (Å²) in [5, 5.41) is 13.6. The van der Waals surface area contributed by atoms with Crippen molar-refractivity contribution in [2.24, 2.45) is 0 Å². The molecule has 0 aliphatic carbocycles. The van der Waals surface area contributed by atoms with Gasteiger partial charge >= 0.3 is 6.03 Å². The fraction of sp³-hybridized carbons (Fsp3) is 0.105. The van der Waals surface area contributed by atoms with Crippen molar-refractivity contribution in [1.82, 2.24) is 20.3 Å². The second-order valence-corrected chi connectivity index (χ2v) is 5.85. The average Bonchev–Trinajstić information content (AvgIpc) is 2.67. The van der Waals surface area contributed by atoms with Crippen LogP contribution < -0.4 is 16.4 Å². The van der Waals surface area contributed by atoms with Crippen LogP contribution in [0.2, 0.25) is 0 Å². The van der Waals surface area contributed by atoms with Crippen molar-refractivity contribution in [2.45, 2.75) is 13.5 Å². The number of urea groups is 1. The van der Waals surface area contributed by atoms with Crippen molar-refractivity contribution in [3.8, 4) is 0 Å². The number of nitrogens with one attached hydrogen (secondary N) is 3. The van der Waals surface area contributed by atoms with Gasteiger partial charge in [0.2, 0.25) is 0 Å². The lowest BCUT2D eigenvalue weighted by Crippen LogP contribution is -2.29. The van der Waals surface area contributed by atoms with Crippen LogP contribution in [0.3, 0.4) is 0 Å². The summed E-state index contributed by atoms with van der Waals surface area (Å²) in [6.07, 6.45) is 4.78. The van der Waals surface area contributed by atoms with Crippen molar-refractivity contribution in [2.75, 3.05) is 11.1 Å². The summed E-state index contributed by atoms with van der Waals surface area (Å²) in [5.74, 6) is 0.300. The first-order valence-corrected chi connectivity index (χ1v) is 8.25. The van der Waals surface area contributed by atoms with Crippen LogP contribution in [0.25, 0.3) is 0 Å². The molecular formula is C19H19N7O. The van der Waals surface area contributed by atoms with E-state index in [1.54, 1.807) is 24.5 Å². The number of hydrogen-bond donors (Lipinski definition) is 4. The molecule has 27 heavy (non-hydrogen) atoms. The number of aryl methyl sites for hydroxylation is 1. The monoisotopic (exact) mass is 361 g/mol. The minimum absolute atomic E-state index is 0.247. The molecule has 8 nitrogen and oxygen atoms in total. The molecule has 0 aromatic carbocycles. The lowest BCUT2D eigenvalue weighted by atomic mass is 10.0. The van der Waals surface area contributed by atoms with Crippen LogP contribution in [-0.4, -0.2) is 26.7 Å². The SMILES string of the molecule is Cc1cc(C(=N)c2cnc(NC(=O)NCc3ccccn3)cc2N)ccn1. The van der Waals surface area contributed by atoms with Crippen molar-refractivity contribution in [1.29, 1.82) is 5.41 Å². The Bertz CT molecular complexity index is 973. The Hall–Kier alpha value is -3.81. The Morgan fingerprint density at radius 1 is 1.15 bits per heavy atom. The Morgan fingerprint density at radius 3 is 2.70 bits per heavy atom. The summed E-state index contributed by atoms with van der Waals surface area (Å²) in [7, 11) is 0. The van der Waals surface area contributed by atoms with Crippen molar-refractivity contribution >= 4 is 23.2 Å². The van der Waals surface area contributed by atoms with Crippen LogP contribution in [0.4, 0.5) is 16.3 Å². The predicted molar refractivity (Wildman–Crippen MR) is 104 cm³/mol. The Balaban J connectivity index is 1.65. The highest BCUT2D eigenvalue weighted by Gasteiger charge is 2.12. The zero-order chi connectivity index (χ0) is 19.2. The number of hydrogen-bond acceptors (Lipinski definition) is 6. The molecule has 3 aromatic rings. The van der Waals surface area contributed by atoms with Gasteiger partial charge in [-0.25, -0.2) is 9.78 Å². The Kier molecular flexibility index (Phi) is 5.36. The molecule has 136 valence electrons. The average molecular weight is 361 g/mol. The van der Waals surface area contributed by atoms with E-state index in [0.29, 0.717) is 29.2 Å². The molecule has 0 bridgehead atoms. The molecule has 0 atom stereocenters. The minimum atomic E-state index is -0.417. The number of pyridine rings is 3. The van der Waals surface area contributed by atoms with Gasteiger partial charge in [0.05, 0.1) is 18.0 Å². The first-order valence-electron chi connectivity index (χ1n) is 8.25. The van der Waals surface area contributed by atoms with Gasteiger partial charge in [0, 0.05) is 47.2 Å². The smallest absolute Gasteiger partial charge is 0.320 e. The predicted octanol–water partition coefficient (Wildman–Crippen LogP) is 2.50. The zero-order valence-corrected chi connectivity index (χ0v) is 14.7. The summed E-state index contributed by atoms with van der Waals surface area (Å²) in [6, 6.07) is 10.1. The molecule has 0 fully saturated rings. The molecular weight excluding hydrogens is 342 g/mol. The molecule has 0 radical (unpaired) electrons. The second-order valence-electron chi connectivity index (χ2n) is 5.85. The highest BCUT2D eigenvalue weighted by molar-refractivity contribution is 6.13. The Morgan fingerprint density at radius 2 is 2.00 bits per heavy atom. The molecule has 3 aromatic heterocycles. The van der Waals surface area contributed by atoms with Gasteiger partial charge in [-0.2, -0.15) is 0 Å². The van der Waals surface area contributed by atoms with Gasteiger partial charge < -0.3 is 11.1 Å². The van der Waals surface area contributed by atoms with Crippen LogP contribution >= 0.6 is 0 Å². The third-order valence-electron chi connectivity index (χ3n) is 3.79. The molecule has 0 spiro atoms. The van der Waals surface area contributed by atoms with Crippen LogP contribution in [0, 0.1) is 12.3 Å². The first kappa shape index (κ1) is 18.0. The number of nitrogen functional groups attached to an aromatic ring is 1. The van der Waals surface area contributed by atoms with Crippen LogP contribution in [0.1, 0.15) is 22.5 Å². The van der Waals surface area contributed by atoms with Gasteiger partial charge in [-0.1, -0.05) is 6.07 Å². The number of anilines is 2. The first-order chi connectivity index (χ1) is 13.0. The van der Waals surface area contributed by atoms with Crippen molar-refractivity contribution in [3.63, 3.8) is 0 Å². The summed E-state index contributed by atoms with van der Waals surface area (Å²) in [6.45, 7) is 2.15. The van der Waals surface area contributed by atoms with Gasteiger partial charge in [-0.3, -0.25) is 20.7 Å². The number of carbonyl (C=O) groups is 1. The number of carbonyl (C=O) groups excluding carboxylic acids is 1. The summed E-state index contributed by atoms with van der Waals surface area (Å²) in [4.78, 5) is 24.4. The normalized spacial score (nSPS) is 10.3. The van der Waals surface area contributed by atoms with Crippen LogP contribution in [0.15, 0.2) is 55.0 Å². The van der Waals surface area contributed by atoms with Gasteiger partial charge in [-0.05, 0) is 31.2 Å². The third-order valence-corrected chi connectivity index (χ3v) is 3.79. The lowest BCUT2D eigenvalue weighted by molar-refractivity contribution is 0.251. The topological polar surface area (TPSA) is 130 Å². The molecule has 3 rings (SSSR count). The largest absolute Gasteiger partial charge is 0.398 e. The molecule has 0 saturated heterocycles. The molecule has 5 N–H and O–H groups in total. The number of rotatable bonds is 5. The lowest BCUT2D eigenvalue weighted by Gasteiger charge is -2.11. The number of nitrogens with two attached hydrogens (primary N) is 1. The second kappa shape index (κ2) is 8.05. The van der Waals surface area contributed by atoms with Gasteiger partial charge in [-0.15, -0.1) is 0 Å². The van der Waals surface area contributed by atoms with E-state index in [0.717, 1.165) is 11.4 Å². The van der Waals surface area contributed by atoms with E-state index in [-0.39, 0.29) is 5.71 Å². The number of aromatic nitrogens is 3. The molecule has 3 heterocycles. The van der Waals surface area contributed by atoms with E-state index >= 15 is 0 Å². The maximum atomic E-state index is 12.0. The molecule has 0 aliphatic heterocycles. The molecule has 0 aliphatic rings. The molecule has 0 unspecified atom stereocenters. The molecule has 8 heteroatoms. The van der Waals surface area contributed by atoms with E-state index in [4.69, 9.17) is 11.1 Å². The Labute approximate surface area is 156 Å². The van der Waals surface area contributed by atoms with E-state index < -0.39 is 6.03 Å². The van der Waals surface area contributed by atoms with Gasteiger partial charge in [0.25, 0.3) is 0 Å². The number of amides is 2. The molecule has 0 saturated carbocycles. The van der Waals surface area contributed by atoms with E-state index in [1.165, 1.54) is 12.3 Å². The van der Waals surface area contributed by atoms with E-state index in [2.05, 4.69) is 25.6 Å². The van der Waals surface area contributed by atoms with Gasteiger partial charge in [0.15, 0.2) is 0 Å². The zero-order valence-electron chi connectivity index (χ0n) is 14.7. The highest BCUT2D eigenvalue weighted by Crippen LogP contribution is 2.19. The summed E-state index contributed by atoms with van der Waals surface area (Å²) >= 11 is 0. The minimum Gasteiger partial charge on any atom is -0.398 e. The maximum Gasteiger partial charge on any atom is 0.320 e. The number of nitrogens with zero attached hydrogens (tertiary/aromatic N) is 3. The van der Waals surface area contributed by atoms with Crippen LogP contribution in [-0.2, 0) is 6.54 Å². The standard InChI is InChI=1S/C19H19N7O/c1-12-8-13(5-7-22-12)18(21)15-11-24-17(9-16(15)20)26-19(27)25-10-14-4-2-3-6-23-14/h2-9,11,21H,10H2,1H3,(H4,20,24,25,26,27). The fourth-order valence-electron chi connectivity index (χ4n) is 2.44. The summed E-state index contributed by atoms with van der Waals surface area (Å²) in [5.41, 5.74) is 9.40. The van der Waals surface area contributed by atoms with Gasteiger partial charge in [0.1, 0.15) is 5.82 Å². The van der Waals surface area contributed by atoms with E-state index in [9.17, 15) is 4.79 Å². The van der Waals surface area contributed by atoms with Crippen LogP contribution in [0.5, 0.6) is 0 Å². The molecule has 2 amide bonds. The highest BCUT2D eigenvalue weighted by atomic mass is 16.2. The third kappa shape index (κ3) is 4.63. The fourth-order valence-corrected chi connectivity index (χ4v) is 2.44. The maximum absolute atomic E-state index is 12.0. The van der Waals surface area contributed by atoms with E-state index in [1.807, 2.05) is 25.1 Å². The quantitative estimate of drug-likeness (QED) is 0.519. The van der Waals surface area contributed by atoms with Crippen molar-refractivity contribution in [3.05, 3.63) is 77.5 Å². The summed E-state index contributed by atoms with van der Waals surface area (Å²) < 4.78 is 0.